The fraction of sp³-hybridized carbons (Fsp3) is 0.692. The first-order valence-corrected chi connectivity index (χ1v) is 7.32. The molecule has 118 valence electrons. The van der Waals surface area contributed by atoms with Crippen molar-refractivity contribution in [2.75, 3.05) is 37.6 Å². The summed E-state index contributed by atoms with van der Waals surface area (Å²) in [5.74, 6) is 0.753. The van der Waals surface area contributed by atoms with Gasteiger partial charge in [-0.3, -0.25) is 4.90 Å². The van der Waals surface area contributed by atoms with Crippen molar-refractivity contribution in [2.45, 2.75) is 25.9 Å². The third kappa shape index (κ3) is 4.44. The largest absolute Gasteiger partial charge is 0.401 e. The summed E-state index contributed by atoms with van der Waals surface area (Å²) < 4.78 is 37.2. The average molecular weight is 323 g/mol. The molecular formula is C13H18ClF3N4. The lowest BCUT2D eigenvalue weighted by Crippen LogP contribution is -2.49. The van der Waals surface area contributed by atoms with E-state index in [4.69, 9.17) is 11.6 Å². The van der Waals surface area contributed by atoms with E-state index in [0.29, 0.717) is 31.3 Å². The molecule has 1 saturated heterocycles. The van der Waals surface area contributed by atoms with Gasteiger partial charge in [0.05, 0.1) is 6.54 Å². The molecule has 0 spiro atoms. The highest BCUT2D eigenvalue weighted by molar-refractivity contribution is 6.30. The van der Waals surface area contributed by atoms with Gasteiger partial charge in [0.15, 0.2) is 0 Å². The van der Waals surface area contributed by atoms with Crippen LogP contribution in [0.2, 0.25) is 5.15 Å². The monoisotopic (exact) mass is 322 g/mol. The van der Waals surface area contributed by atoms with E-state index >= 15 is 0 Å². The van der Waals surface area contributed by atoms with Crippen molar-refractivity contribution < 1.29 is 13.2 Å². The fourth-order valence-electron chi connectivity index (χ4n) is 2.49. The summed E-state index contributed by atoms with van der Waals surface area (Å²) in [6, 6.07) is 0. The highest BCUT2D eigenvalue weighted by atomic mass is 35.5. The van der Waals surface area contributed by atoms with Crippen LogP contribution in [0.15, 0.2) is 6.33 Å². The van der Waals surface area contributed by atoms with Crippen molar-refractivity contribution in [3.63, 3.8) is 0 Å². The third-order valence-corrected chi connectivity index (χ3v) is 3.77. The zero-order valence-electron chi connectivity index (χ0n) is 11.8. The van der Waals surface area contributed by atoms with E-state index in [2.05, 4.69) is 9.97 Å². The molecule has 0 aromatic carbocycles. The Morgan fingerprint density at radius 2 is 1.86 bits per heavy atom. The Hall–Kier alpha value is -1.08. The van der Waals surface area contributed by atoms with Crippen LogP contribution in [0.3, 0.4) is 0 Å². The number of piperazine rings is 1. The molecule has 2 heterocycles. The van der Waals surface area contributed by atoms with Crippen molar-refractivity contribution in [3.8, 4) is 0 Å². The van der Waals surface area contributed by atoms with Gasteiger partial charge in [0, 0.05) is 31.7 Å². The van der Waals surface area contributed by atoms with Gasteiger partial charge in [0.1, 0.15) is 17.3 Å². The number of hydrogen-bond donors (Lipinski definition) is 0. The van der Waals surface area contributed by atoms with Gasteiger partial charge in [0.2, 0.25) is 0 Å². The molecule has 0 bridgehead atoms. The molecule has 0 N–H and O–H groups in total. The number of nitrogens with zero attached hydrogens (tertiary/aromatic N) is 4. The number of rotatable bonds is 4. The van der Waals surface area contributed by atoms with Crippen LogP contribution < -0.4 is 4.90 Å². The number of halogens is 4. The highest BCUT2D eigenvalue weighted by Gasteiger charge is 2.32. The van der Waals surface area contributed by atoms with Gasteiger partial charge in [-0.15, -0.1) is 0 Å². The molecule has 0 amide bonds. The standard InChI is InChI=1S/C13H18ClF3N4/c1-2-3-10-11(14)18-9-19-12(10)21-6-4-20(5-7-21)8-13(15,16)17/h9H,2-8H2,1H3. The predicted octanol–water partition coefficient (Wildman–Crippen LogP) is 2.77. The first-order chi connectivity index (χ1) is 9.90. The Kier molecular flexibility index (Phi) is 5.27. The summed E-state index contributed by atoms with van der Waals surface area (Å²) in [6.07, 6.45) is -1.07. The smallest absolute Gasteiger partial charge is 0.354 e. The fourth-order valence-corrected chi connectivity index (χ4v) is 2.71. The lowest BCUT2D eigenvalue weighted by Gasteiger charge is -2.36. The maximum atomic E-state index is 12.4. The van der Waals surface area contributed by atoms with E-state index < -0.39 is 12.7 Å². The van der Waals surface area contributed by atoms with Gasteiger partial charge >= 0.3 is 6.18 Å². The summed E-state index contributed by atoms with van der Waals surface area (Å²) >= 11 is 6.11. The molecule has 8 heteroatoms. The first kappa shape index (κ1) is 16.3. The van der Waals surface area contributed by atoms with Gasteiger partial charge in [-0.1, -0.05) is 24.9 Å². The Morgan fingerprint density at radius 1 is 1.19 bits per heavy atom. The normalized spacial score (nSPS) is 17.3. The van der Waals surface area contributed by atoms with Crippen molar-refractivity contribution >= 4 is 17.4 Å². The predicted molar refractivity (Wildman–Crippen MR) is 75.7 cm³/mol. The first-order valence-electron chi connectivity index (χ1n) is 6.94. The van der Waals surface area contributed by atoms with Crippen molar-refractivity contribution in [2.24, 2.45) is 0 Å². The summed E-state index contributed by atoms with van der Waals surface area (Å²) in [7, 11) is 0. The Morgan fingerprint density at radius 3 is 2.43 bits per heavy atom. The number of alkyl halides is 3. The molecule has 1 aliphatic heterocycles. The zero-order valence-corrected chi connectivity index (χ0v) is 12.6. The minimum absolute atomic E-state index is 0.368. The minimum Gasteiger partial charge on any atom is -0.354 e. The molecule has 1 aromatic rings. The quantitative estimate of drug-likeness (QED) is 0.798. The van der Waals surface area contributed by atoms with E-state index in [0.717, 1.165) is 24.2 Å². The molecule has 0 unspecified atom stereocenters. The average Bonchev–Trinajstić information content (AvgIpc) is 2.40. The van der Waals surface area contributed by atoms with Crippen molar-refractivity contribution in [1.29, 1.82) is 0 Å². The second-order valence-electron chi connectivity index (χ2n) is 5.10. The van der Waals surface area contributed by atoms with Gasteiger partial charge in [-0.2, -0.15) is 13.2 Å². The Balaban J connectivity index is 2.04. The molecule has 21 heavy (non-hydrogen) atoms. The van der Waals surface area contributed by atoms with Crippen LogP contribution in [-0.2, 0) is 6.42 Å². The van der Waals surface area contributed by atoms with Crippen LogP contribution in [0.5, 0.6) is 0 Å². The number of hydrogen-bond acceptors (Lipinski definition) is 4. The topological polar surface area (TPSA) is 32.3 Å². The van der Waals surface area contributed by atoms with E-state index in [9.17, 15) is 13.2 Å². The third-order valence-electron chi connectivity index (χ3n) is 3.44. The molecule has 4 nitrogen and oxygen atoms in total. The van der Waals surface area contributed by atoms with Gasteiger partial charge in [-0.25, -0.2) is 9.97 Å². The van der Waals surface area contributed by atoms with Gasteiger partial charge in [0.25, 0.3) is 0 Å². The molecule has 2 rings (SSSR count). The van der Waals surface area contributed by atoms with Gasteiger partial charge in [-0.05, 0) is 6.42 Å². The van der Waals surface area contributed by atoms with E-state index in [1.165, 1.54) is 11.2 Å². The summed E-state index contributed by atoms with van der Waals surface area (Å²) in [4.78, 5) is 11.7. The molecule has 0 atom stereocenters. The summed E-state index contributed by atoms with van der Waals surface area (Å²) in [5, 5.41) is 0.430. The molecule has 0 aliphatic carbocycles. The van der Waals surface area contributed by atoms with E-state index in [1.807, 2.05) is 11.8 Å². The van der Waals surface area contributed by atoms with Crippen LogP contribution in [-0.4, -0.2) is 53.8 Å². The van der Waals surface area contributed by atoms with Crippen molar-refractivity contribution in [3.05, 3.63) is 17.0 Å². The second-order valence-corrected chi connectivity index (χ2v) is 5.45. The number of anilines is 1. The summed E-state index contributed by atoms with van der Waals surface area (Å²) in [6.45, 7) is 2.95. The summed E-state index contributed by atoms with van der Waals surface area (Å²) in [5.41, 5.74) is 0.880. The Bertz CT molecular complexity index is 473. The lowest BCUT2D eigenvalue weighted by atomic mass is 10.1. The molecule has 0 saturated carbocycles. The minimum atomic E-state index is -4.15. The maximum Gasteiger partial charge on any atom is 0.401 e. The van der Waals surface area contributed by atoms with Crippen molar-refractivity contribution in [1.82, 2.24) is 14.9 Å². The highest BCUT2D eigenvalue weighted by Crippen LogP contribution is 2.26. The lowest BCUT2D eigenvalue weighted by molar-refractivity contribution is -0.146. The van der Waals surface area contributed by atoms with Gasteiger partial charge < -0.3 is 4.90 Å². The number of aromatic nitrogens is 2. The molecule has 1 aliphatic rings. The molecule has 0 radical (unpaired) electrons. The molecule has 1 aromatic heterocycles. The molecule has 1 fully saturated rings. The van der Waals surface area contributed by atoms with E-state index in [1.54, 1.807) is 0 Å². The van der Waals surface area contributed by atoms with Crippen LogP contribution >= 0.6 is 11.6 Å². The Labute approximate surface area is 126 Å². The van der Waals surface area contributed by atoms with Crippen LogP contribution in [0.1, 0.15) is 18.9 Å². The maximum absolute atomic E-state index is 12.4. The zero-order chi connectivity index (χ0) is 15.5. The van der Waals surface area contributed by atoms with E-state index in [-0.39, 0.29) is 0 Å². The molecular weight excluding hydrogens is 305 g/mol. The van der Waals surface area contributed by atoms with Crippen LogP contribution in [0, 0.1) is 0 Å². The van der Waals surface area contributed by atoms with Crippen LogP contribution in [0.25, 0.3) is 0 Å². The second kappa shape index (κ2) is 6.79. The SMILES string of the molecule is CCCc1c(Cl)ncnc1N1CCN(CC(F)(F)F)CC1. The van der Waals surface area contributed by atoms with Crippen LogP contribution in [0.4, 0.5) is 19.0 Å².